The molecule has 0 fully saturated rings. The molecule has 0 aromatic rings. The second kappa shape index (κ2) is 5.45. The van der Waals surface area contributed by atoms with Crippen LogP contribution in [0.15, 0.2) is 34.4 Å². The average Bonchev–Trinajstić information content (AvgIpc) is 2.03. The zero-order valence-corrected chi connectivity index (χ0v) is 9.21. The largest absolute Gasteiger partial charge is 0.0987 e. The van der Waals surface area contributed by atoms with Crippen molar-refractivity contribution in [3.8, 4) is 0 Å². The minimum absolute atomic E-state index is 0.351. The van der Waals surface area contributed by atoms with Crippen molar-refractivity contribution in [1.29, 1.82) is 0 Å². The third kappa shape index (κ3) is 3.04. The molecular formula is C10H14Cl2. The van der Waals surface area contributed by atoms with Crippen LogP contribution in [0.1, 0.15) is 20.8 Å². The molecule has 0 amide bonds. The topological polar surface area (TPSA) is 0 Å². The summed E-state index contributed by atoms with van der Waals surface area (Å²) in [5.41, 5.74) is 0.986. The molecule has 0 aromatic heterocycles. The van der Waals surface area contributed by atoms with Crippen molar-refractivity contribution >= 4 is 23.2 Å². The zero-order valence-electron chi connectivity index (χ0n) is 7.70. The van der Waals surface area contributed by atoms with Gasteiger partial charge in [-0.3, -0.25) is 0 Å². The highest BCUT2D eigenvalue weighted by Gasteiger charge is 2.07. The predicted molar refractivity (Wildman–Crippen MR) is 57.5 cm³/mol. The highest BCUT2D eigenvalue weighted by Crippen LogP contribution is 2.27. The van der Waals surface area contributed by atoms with Crippen molar-refractivity contribution < 1.29 is 0 Å². The number of rotatable bonds is 3. The van der Waals surface area contributed by atoms with Crippen LogP contribution in [0.3, 0.4) is 0 Å². The molecule has 2 heteroatoms. The molecule has 68 valence electrons. The monoisotopic (exact) mass is 204 g/mol. The van der Waals surface area contributed by atoms with Gasteiger partial charge in [-0.25, -0.2) is 0 Å². The lowest BCUT2D eigenvalue weighted by Crippen LogP contribution is -1.93. The molecule has 0 N–H and O–H groups in total. The van der Waals surface area contributed by atoms with Gasteiger partial charge in [-0.15, -0.1) is 0 Å². The van der Waals surface area contributed by atoms with E-state index in [0.29, 0.717) is 16.0 Å². The zero-order chi connectivity index (χ0) is 9.72. The van der Waals surface area contributed by atoms with Crippen molar-refractivity contribution in [3.05, 3.63) is 34.4 Å². The molecule has 0 bridgehead atoms. The van der Waals surface area contributed by atoms with Gasteiger partial charge < -0.3 is 0 Å². The molecule has 0 saturated carbocycles. The molecule has 0 heterocycles. The number of allylic oxidation sites excluding steroid dienone is 5. The normalized spacial score (nSPS) is 14.7. The van der Waals surface area contributed by atoms with Gasteiger partial charge in [0.15, 0.2) is 0 Å². The SMILES string of the molecule is C=C/C(=C(Cl)\C(Cl)=C/C)C(C)C. The Morgan fingerprint density at radius 1 is 1.33 bits per heavy atom. The summed E-state index contributed by atoms with van der Waals surface area (Å²) in [6.45, 7) is 9.65. The summed E-state index contributed by atoms with van der Waals surface area (Å²) in [5, 5.41) is 1.18. The van der Waals surface area contributed by atoms with E-state index >= 15 is 0 Å². The van der Waals surface area contributed by atoms with Crippen molar-refractivity contribution in [2.45, 2.75) is 20.8 Å². The first-order chi connectivity index (χ1) is 5.54. The lowest BCUT2D eigenvalue weighted by Gasteiger charge is -2.08. The Labute approximate surface area is 84.6 Å². The molecule has 0 radical (unpaired) electrons. The van der Waals surface area contributed by atoms with Gasteiger partial charge in [0.2, 0.25) is 0 Å². The number of halogens is 2. The fourth-order valence-electron chi connectivity index (χ4n) is 0.843. The highest BCUT2D eigenvalue weighted by atomic mass is 35.5. The van der Waals surface area contributed by atoms with Crippen LogP contribution in [-0.2, 0) is 0 Å². The first-order valence-corrected chi connectivity index (χ1v) is 4.64. The third-order valence-corrected chi connectivity index (χ3v) is 2.48. The minimum atomic E-state index is 0.351. The number of hydrogen-bond donors (Lipinski definition) is 0. The van der Waals surface area contributed by atoms with E-state index in [4.69, 9.17) is 23.2 Å². The summed E-state index contributed by atoms with van der Waals surface area (Å²) in [5.74, 6) is 0.351. The Hall–Kier alpha value is -0.200. The van der Waals surface area contributed by atoms with Gasteiger partial charge in [0.25, 0.3) is 0 Å². The molecule has 0 atom stereocenters. The fraction of sp³-hybridized carbons (Fsp3) is 0.400. The van der Waals surface area contributed by atoms with Crippen molar-refractivity contribution in [1.82, 2.24) is 0 Å². The third-order valence-electron chi connectivity index (χ3n) is 1.56. The van der Waals surface area contributed by atoms with E-state index in [1.54, 1.807) is 12.2 Å². The van der Waals surface area contributed by atoms with E-state index in [2.05, 4.69) is 20.4 Å². The molecule has 0 aromatic carbocycles. The summed E-state index contributed by atoms with van der Waals surface area (Å²) in [6.07, 6.45) is 3.52. The fourth-order valence-corrected chi connectivity index (χ4v) is 1.36. The molecule has 0 nitrogen and oxygen atoms in total. The predicted octanol–water partition coefficient (Wildman–Crippen LogP) is 4.46. The Kier molecular flexibility index (Phi) is 5.36. The maximum Gasteiger partial charge on any atom is 0.0623 e. The van der Waals surface area contributed by atoms with Crippen LogP contribution in [0.25, 0.3) is 0 Å². The van der Waals surface area contributed by atoms with E-state index in [1.807, 2.05) is 6.92 Å². The standard InChI is InChI=1S/C10H14Cl2/c1-5-8(7(3)4)10(12)9(11)6-2/h5-7H,1H2,2-4H3/b9-6+,10-8-. The first-order valence-electron chi connectivity index (χ1n) is 3.88. The summed E-state index contributed by atoms with van der Waals surface area (Å²) < 4.78 is 0. The van der Waals surface area contributed by atoms with Crippen LogP contribution in [0.5, 0.6) is 0 Å². The van der Waals surface area contributed by atoms with Gasteiger partial charge >= 0.3 is 0 Å². The molecule has 0 aliphatic rings. The summed E-state index contributed by atoms with van der Waals surface area (Å²) >= 11 is 11.9. The summed E-state index contributed by atoms with van der Waals surface area (Å²) in [6, 6.07) is 0. The van der Waals surface area contributed by atoms with E-state index in [0.717, 1.165) is 5.57 Å². The maximum atomic E-state index is 6.00. The lowest BCUT2D eigenvalue weighted by atomic mass is 10.0. The molecule has 0 rings (SSSR count). The summed E-state index contributed by atoms with van der Waals surface area (Å²) in [4.78, 5) is 0. The van der Waals surface area contributed by atoms with Crippen LogP contribution in [0.4, 0.5) is 0 Å². The van der Waals surface area contributed by atoms with Crippen LogP contribution in [0, 0.1) is 5.92 Å². The van der Waals surface area contributed by atoms with Gasteiger partial charge in [0.1, 0.15) is 0 Å². The molecule has 0 spiro atoms. The van der Waals surface area contributed by atoms with Gasteiger partial charge in [-0.05, 0) is 18.4 Å². The lowest BCUT2D eigenvalue weighted by molar-refractivity contribution is 0.789. The Bertz CT molecular complexity index is 222. The second-order valence-electron chi connectivity index (χ2n) is 2.76. The summed E-state index contributed by atoms with van der Waals surface area (Å²) in [7, 11) is 0. The van der Waals surface area contributed by atoms with Crippen molar-refractivity contribution in [3.63, 3.8) is 0 Å². The molecule has 0 aliphatic carbocycles. The Balaban J connectivity index is 4.97. The molecule has 0 unspecified atom stereocenters. The minimum Gasteiger partial charge on any atom is -0.0987 e. The quantitative estimate of drug-likeness (QED) is 0.596. The van der Waals surface area contributed by atoms with Crippen molar-refractivity contribution in [2.24, 2.45) is 5.92 Å². The van der Waals surface area contributed by atoms with Crippen LogP contribution >= 0.6 is 23.2 Å². The molecule has 0 saturated heterocycles. The van der Waals surface area contributed by atoms with Gasteiger partial charge in [-0.1, -0.05) is 55.8 Å². The van der Waals surface area contributed by atoms with Crippen molar-refractivity contribution in [2.75, 3.05) is 0 Å². The second-order valence-corrected chi connectivity index (χ2v) is 3.55. The smallest absolute Gasteiger partial charge is 0.0623 e. The van der Waals surface area contributed by atoms with E-state index in [9.17, 15) is 0 Å². The van der Waals surface area contributed by atoms with E-state index in [-0.39, 0.29) is 0 Å². The van der Waals surface area contributed by atoms with Gasteiger partial charge in [0, 0.05) is 0 Å². The molecule has 12 heavy (non-hydrogen) atoms. The first kappa shape index (κ1) is 11.8. The van der Waals surface area contributed by atoms with Crippen LogP contribution < -0.4 is 0 Å². The van der Waals surface area contributed by atoms with E-state index in [1.165, 1.54) is 0 Å². The average molecular weight is 205 g/mol. The number of hydrogen-bond acceptors (Lipinski definition) is 0. The highest BCUT2D eigenvalue weighted by molar-refractivity contribution is 6.44. The Morgan fingerprint density at radius 2 is 1.83 bits per heavy atom. The Morgan fingerprint density at radius 3 is 2.08 bits per heavy atom. The van der Waals surface area contributed by atoms with Gasteiger partial charge in [-0.2, -0.15) is 0 Å². The van der Waals surface area contributed by atoms with Crippen LogP contribution in [-0.4, -0.2) is 0 Å². The molecule has 0 aliphatic heterocycles. The molecular weight excluding hydrogens is 191 g/mol. The maximum absolute atomic E-state index is 6.00. The van der Waals surface area contributed by atoms with Crippen LogP contribution in [0.2, 0.25) is 0 Å². The van der Waals surface area contributed by atoms with Gasteiger partial charge in [0.05, 0.1) is 10.1 Å². The van der Waals surface area contributed by atoms with E-state index < -0.39 is 0 Å².